The molecule has 1 fully saturated rings. The highest BCUT2D eigenvalue weighted by atomic mass is 16.5. The van der Waals surface area contributed by atoms with Gasteiger partial charge >= 0.3 is 0 Å². The predicted octanol–water partition coefficient (Wildman–Crippen LogP) is 3.36. The molecule has 86 valence electrons. The van der Waals surface area contributed by atoms with E-state index in [0.717, 1.165) is 5.75 Å². The topological polar surface area (TPSA) is 21.3 Å². The first-order valence-corrected chi connectivity index (χ1v) is 6.11. The van der Waals surface area contributed by atoms with Crippen LogP contribution in [0.15, 0.2) is 18.2 Å². The van der Waals surface area contributed by atoms with Crippen molar-refractivity contribution < 1.29 is 4.74 Å². The van der Waals surface area contributed by atoms with Crippen LogP contribution in [0.4, 0.5) is 5.69 Å². The van der Waals surface area contributed by atoms with Gasteiger partial charge in [0.15, 0.2) is 0 Å². The summed E-state index contributed by atoms with van der Waals surface area (Å²) >= 11 is 0. The van der Waals surface area contributed by atoms with Gasteiger partial charge in [0.2, 0.25) is 0 Å². The summed E-state index contributed by atoms with van der Waals surface area (Å²) in [4.78, 5) is 0. The molecule has 0 amide bonds. The number of para-hydroxylation sites is 1. The van der Waals surface area contributed by atoms with Gasteiger partial charge in [-0.3, -0.25) is 0 Å². The molecule has 2 nitrogen and oxygen atoms in total. The maximum atomic E-state index is 6.19. The quantitative estimate of drug-likeness (QED) is 0.719. The van der Waals surface area contributed by atoms with Crippen molar-refractivity contribution in [3.8, 4) is 5.75 Å². The summed E-state index contributed by atoms with van der Waals surface area (Å²) in [6.45, 7) is 6.75. The number of fused-ring (bicyclic) bond motifs is 2. The number of hydrogen-bond donors (Lipinski definition) is 1. The first-order chi connectivity index (χ1) is 7.58. The molecule has 2 aliphatic rings. The smallest absolute Gasteiger partial charge is 0.143 e. The Kier molecular flexibility index (Phi) is 1.97. The van der Waals surface area contributed by atoms with Gasteiger partial charge in [0.25, 0.3) is 0 Å². The lowest BCUT2D eigenvalue weighted by Crippen LogP contribution is -2.44. The van der Waals surface area contributed by atoms with E-state index in [1.165, 1.54) is 24.1 Å². The molecule has 3 rings (SSSR count). The molecule has 2 unspecified atom stereocenters. The second kappa shape index (κ2) is 3.16. The SMILES string of the molecule is Cc1cccc2c1NC1CCC(C)(C)C1O2. The summed E-state index contributed by atoms with van der Waals surface area (Å²) in [6, 6.07) is 6.76. The van der Waals surface area contributed by atoms with Gasteiger partial charge < -0.3 is 10.1 Å². The van der Waals surface area contributed by atoms with Crippen LogP contribution in [0.2, 0.25) is 0 Å². The van der Waals surface area contributed by atoms with E-state index in [2.05, 4.69) is 44.3 Å². The monoisotopic (exact) mass is 217 g/mol. The first-order valence-electron chi connectivity index (χ1n) is 6.11. The molecule has 1 aliphatic carbocycles. The summed E-state index contributed by atoms with van der Waals surface area (Å²) in [5.41, 5.74) is 2.76. The van der Waals surface area contributed by atoms with Crippen molar-refractivity contribution >= 4 is 5.69 Å². The normalized spacial score (nSPS) is 29.9. The van der Waals surface area contributed by atoms with E-state index >= 15 is 0 Å². The second-order valence-electron chi connectivity index (χ2n) is 5.76. The molecule has 0 aromatic heterocycles. The maximum absolute atomic E-state index is 6.19. The molecule has 2 atom stereocenters. The number of anilines is 1. The van der Waals surface area contributed by atoms with Crippen LogP contribution < -0.4 is 10.1 Å². The zero-order valence-corrected chi connectivity index (χ0v) is 10.2. The molecule has 16 heavy (non-hydrogen) atoms. The molecular formula is C14H19NO. The molecule has 1 aliphatic heterocycles. The number of benzene rings is 1. The van der Waals surface area contributed by atoms with Crippen molar-refractivity contribution in [3.05, 3.63) is 23.8 Å². The maximum Gasteiger partial charge on any atom is 0.143 e. The summed E-state index contributed by atoms with van der Waals surface area (Å²) < 4.78 is 6.19. The van der Waals surface area contributed by atoms with Gasteiger partial charge in [0, 0.05) is 5.41 Å². The Balaban J connectivity index is 2.00. The summed E-state index contributed by atoms with van der Waals surface area (Å²) in [7, 11) is 0. The van der Waals surface area contributed by atoms with E-state index < -0.39 is 0 Å². The van der Waals surface area contributed by atoms with Crippen molar-refractivity contribution in [2.45, 2.75) is 45.8 Å². The van der Waals surface area contributed by atoms with E-state index in [0.29, 0.717) is 17.6 Å². The van der Waals surface area contributed by atoms with Gasteiger partial charge in [-0.05, 0) is 31.4 Å². The molecule has 0 saturated heterocycles. The van der Waals surface area contributed by atoms with Crippen LogP contribution in [0.25, 0.3) is 0 Å². The second-order valence-corrected chi connectivity index (χ2v) is 5.76. The molecule has 2 heteroatoms. The summed E-state index contributed by atoms with van der Waals surface area (Å²) in [5, 5.41) is 3.66. The van der Waals surface area contributed by atoms with Gasteiger partial charge in [-0.2, -0.15) is 0 Å². The van der Waals surface area contributed by atoms with Crippen LogP contribution in [0.1, 0.15) is 32.3 Å². The van der Waals surface area contributed by atoms with Crippen LogP contribution >= 0.6 is 0 Å². The zero-order chi connectivity index (χ0) is 11.3. The van der Waals surface area contributed by atoms with Gasteiger partial charge in [0.05, 0.1) is 11.7 Å². The van der Waals surface area contributed by atoms with E-state index in [-0.39, 0.29) is 0 Å². The minimum absolute atomic E-state index is 0.291. The number of rotatable bonds is 0. The van der Waals surface area contributed by atoms with E-state index in [1.807, 2.05) is 0 Å². The third-order valence-corrected chi connectivity index (χ3v) is 4.05. The Morgan fingerprint density at radius 1 is 1.38 bits per heavy atom. The minimum Gasteiger partial charge on any atom is -0.486 e. The Bertz CT molecular complexity index is 425. The molecule has 1 N–H and O–H groups in total. The lowest BCUT2D eigenvalue weighted by atomic mass is 9.88. The minimum atomic E-state index is 0.291. The average Bonchev–Trinajstić information content (AvgIpc) is 2.54. The third kappa shape index (κ3) is 1.32. The van der Waals surface area contributed by atoms with E-state index in [4.69, 9.17) is 4.74 Å². The highest BCUT2D eigenvalue weighted by Gasteiger charge is 2.46. The van der Waals surface area contributed by atoms with Crippen molar-refractivity contribution in [3.63, 3.8) is 0 Å². The fraction of sp³-hybridized carbons (Fsp3) is 0.571. The van der Waals surface area contributed by atoms with Gasteiger partial charge in [-0.25, -0.2) is 0 Å². The molecule has 1 aromatic rings. The zero-order valence-electron chi connectivity index (χ0n) is 10.2. The van der Waals surface area contributed by atoms with Gasteiger partial charge in [-0.15, -0.1) is 0 Å². The molecule has 0 spiro atoms. The molecule has 0 radical (unpaired) electrons. The van der Waals surface area contributed by atoms with Crippen LogP contribution in [0.5, 0.6) is 5.75 Å². The Labute approximate surface area is 97.0 Å². The molecule has 1 heterocycles. The van der Waals surface area contributed by atoms with Crippen LogP contribution in [-0.2, 0) is 0 Å². The number of ether oxygens (including phenoxy) is 1. The van der Waals surface area contributed by atoms with Crippen molar-refractivity contribution in [1.82, 2.24) is 0 Å². The molecular weight excluding hydrogens is 198 g/mol. The molecule has 0 bridgehead atoms. The fourth-order valence-corrected chi connectivity index (χ4v) is 3.00. The largest absolute Gasteiger partial charge is 0.486 e. The highest BCUT2D eigenvalue weighted by Crippen LogP contribution is 2.46. The Morgan fingerprint density at radius 2 is 2.19 bits per heavy atom. The Hall–Kier alpha value is -1.18. The summed E-state index contributed by atoms with van der Waals surface area (Å²) in [5.74, 6) is 1.02. The van der Waals surface area contributed by atoms with Crippen molar-refractivity contribution in [2.75, 3.05) is 5.32 Å². The van der Waals surface area contributed by atoms with Crippen LogP contribution in [-0.4, -0.2) is 12.1 Å². The Morgan fingerprint density at radius 3 is 3.00 bits per heavy atom. The third-order valence-electron chi connectivity index (χ3n) is 4.05. The average molecular weight is 217 g/mol. The highest BCUT2D eigenvalue weighted by molar-refractivity contribution is 5.64. The fourth-order valence-electron chi connectivity index (χ4n) is 3.00. The lowest BCUT2D eigenvalue weighted by molar-refractivity contribution is 0.0900. The first kappa shape index (κ1) is 10.0. The van der Waals surface area contributed by atoms with Crippen LogP contribution in [0, 0.1) is 12.3 Å². The van der Waals surface area contributed by atoms with Gasteiger partial charge in [0.1, 0.15) is 11.9 Å². The number of hydrogen-bond acceptors (Lipinski definition) is 2. The van der Waals surface area contributed by atoms with Crippen molar-refractivity contribution in [1.29, 1.82) is 0 Å². The predicted molar refractivity (Wildman–Crippen MR) is 66.0 cm³/mol. The molecule has 1 aromatic carbocycles. The standard InChI is InChI=1S/C14H19NO/c1-9-5-4-6-11-12(9)15-10-7-8-14(2,3)13(10)16-11/h4-6,10,13,15H,7-8H2,1-3H3. The van der Waals surface area contributed by atoms with Gasteiger partial charge in [-0.1, -0.05) is 26.0 Å². The van der Waals surface area contributed by atoms with Crippen molar-refractivity contribution in [2.24, 2.45) is 5.41 Å². The molecule has 1 saturated carbocycles. The lowest BCUT2D eigenvalue weighted by Gasteiger charge is -2.37. The number of aryl methyl sites for hydroxylation is 1. The van der Waals surface area contributed by atoms with Crippen LogP contribution in [0.3, 0.4) is 0 Å². The van der Waals surface area contributed by atoms with E-state index in [9.17, 15) is 0 Å². The summed E-state index contributed by atoms with van der Waals surface area (Å²) in [6.07, 6.45) is 2.77. The van der Waals surface area contributed by atoms with E-state index in [1.54, 1.807) is 0 Å². The number of nitrogens with one attached hydrogen (secondary N) is 1.